The zero-order valence-electron chi connectivity index (χ0n) is 15.2. The van der Waals surface area contributed by atoms with E-state index in [9.17, 15) is 4.79 Å². The molecule has 6 heteroatoms. The molecule has 3 aromatic rings. The first-order valence-corrected chi connectivity index (χ1v) is 9.57. The Labute approximate surface area is 166 Å². The van der Waals surface area contributed by atoms with Crippen molar-refractivity contribution in [3.05, 3.63) is 64.9 Å². The van der Waals surface area contributed by atoms with Crippen molar-refractivity contribution >= 4 is 38.4 Å². The number of anilines is 1. The standard InChI is InChI=1S/C21H20BrN3O2/c1-21(2)13-25(12-15-9-16(22)7-8-19(15)27-21)20(26)24-18-11-23-10-14-5-3-4-6-17(14)18/h3-11H,12-13H2,1-2H3,(H,24,26). The SMILES string of the molecule is CC1(C)CN(C(=O)Nc2cncc3ccccc23)Cc2cc(Br)ccc2O1. The minimum Gasteiger partial charge on any atom is -0.486 e. The molecule has 2 aromatic carbocycles. The van der Waals surface area contributed by atoms with Gasteiger partial charge in [0.1, 0.15) is 11.4 Å². The fourth-order valence-corrected chi connectivity index (χ4v) is 3.78. The Hall–Kier alpha value is -2.60. The summed E-state index contributed by atoms with van der Waals surface area (Å²) in [6, 6.07) is 13.6. The van der Waals surface area contributed by atoms with Crippen LogP contribution in [0.5, 0.6) is 5.75 Å². The number of rotatable bonds is 1. The van der Waals surface area contributed by atoms with Crippen LogP contribution in [0.15, 0.2) is 59.3 Å². The molecule has 0 saturated carbocycles. The van der Waals surface area contributed by atoms with Gasteiger partial charge in [-0.1, -0.05) is 40.2 Å². The Balaban J connectivity index is 1.64. The number of nitrogens with zero attached hydrogens (tertiary/aromatic N) is 2. The topological polar surface area (TPSA) is 54.5 Å². The number of carbonyl (C=O) groups excluding carboxylic acids is 1. The Morgan fingerprint density at radius 1 is 1.22 bits per heavy atom. The highest BCUT2D eigenvalue weighted by Gasteiger charge is 2.31. The number of halogens is 1. The maximum atomic E-state index is 13.1. The molecule has 5 nitrogen and oxygen atoms in total. The van der Waals surface area contributed by atoms with E-state index in [1.807, 2.05) is 56.3 Å². The van der Waals surface area contributed by atoms with Gasteiger partial charge in [-0.2, -0.15) is 0 Å². The molecule has 0 fully saturated rings. The lowest BCUT2D eigenvalue weighted by Gasteiger charge is -2.29. The summed E-state index contributed by atoms with van der Waals surface area (Å²) in [5.41, 5.74) is 1.18. The Morgan fingerprint density at radius 3 is 2.89 bits per heavy atom. The second-order valence-corrected chi connectivity index (χ2v) is 8.22. The lowest BCUT2D eigenvalue weighted by molar-refractivity contribution is 0.0835. The van der Waals surface area contributed by atoms with E-state index < -0.39 is 5.60 Å². The molecular weight excluding hydrogens is 406 g/mol. The summed E-state index contributed by atoms with van der Waals surface area (Å²) in [5, 5.41) is 4.98. The fourth-order valence-electron chi connectivity index (χ4n) is 3.38. The fraction of sp³-hybridized carbons (Fsp3) is 0.238. The predicted octanol–water partition coefficient (Wildman–Crippen LogP) is 5.20. The van der Waals surface area contributed by atoms with E-state index in [4.69, 9.17) is 4.74 Å². The third-order valence-electron chi connectivity index (χ3n) is 4.54. The molecule has 0 aliphatic carbocycles. The molecule has 1 aliphatic heterocycles. The van der Waals surface area contributed by atoms with Crippen molar-refractivity contribution in [1.29, 1.82) is 0 Å². The number of fused-ring (bicyclic) bond motifs is 2. The number of pyridine rings is 1. The molecule has 1 N–H and O–H groups in total. The van der Waals surface area contributed by atoms with Gasteiger partial charge in [-0.15, -0.1) is 0 Å². The smallest absolute Gasteiger partial charge is 0.322 e. The molecular formula is C21H20BrN3O2. The number of carbonyl (C=O) groups is 1. The van der Waals surface area contributed by atoms with Crippen LogP contribution in [0.2, 0.25) is 0 Å². The van der Waals surface area contributed by atoms with Crippen molar-refractivity contribution in [1.82, 2.24) is 9.88 Å². The summed E-state index contributed by atoms with van der Waals surface area (Å²) >= 11 is 3.50. The van der Waals surface area contributed by atoms with Crippen LogP contribution in [0.1, 0.15) is 19.4 Å². The molecule has 0 saturated heterocycles. The van der Waals surface area contributed by atoms with Crippen LogP contribution >= 0.6 is 15.9 Å². The van der Waals surface area contributed by atoms with Crippen LogP contribution in [-0.2, 0) is 6.54 Å². The molecule has 2 heterocycles. The second-order valence-electron chi connectivity index (χ2n) is 7.31. The first-order chi connectivity index (χ1) is 12.9. The van der Waals surface area contributed by atoms with E-state index in [1.165, 1.54) is 0 Å². The highest BCUT2D eigenvalue weighted by molar-refractivity contribution is 9.10. The Kier molecular flexibility index (Phi) is 4.52. The van der Waals surface area contributed by atoms with Gasteiger partial charge in [-0.05, 0) is 32.0 Å². The summed E-state index contributed by atoms with van der Waals surface area (Å²) in [6.07, 6.45) is 3.48. The minimum absolute atomic E-state index is 0.169. The van der Waals surface area contributed by atoms with Crippen LogP contribution in [0.25, 0.3) is 10.8 Å². The van der Waals surface area contributed by atoms with Gasteiger partial charge in [0.15, 0.2) is 0 Å². The summed E-state index contributed by atoms with van der Waals surface area (Å²) in [7, 11) is 0. The minimum atomic E-state index is -0.493. The molecule has 2 amide bonds. The molecule has 0 atom stereocenters. The van der Waals surface area contributed by atoms with Crippen molar-refractivity contribution in [3.8, 4) is 5.75 Å². The lowest BCUT2D eigenvalue weighted by Crippen LogP contribution is -2.44. The van der Waals surface area contributed by atoms with Crippen LogP contribution < -0.4 is 10.1 Å². The molecule has 0 unspecified atom stereocenters. The third-order valence-corrected chi connectivity index (χ3v) is 5.03. The number of nitrogens with one attached hydrogen (secondary N) is 1. The average Bonchev–Trinajstić information content (AvgIpc) is 2.76. The number of benzene rings is 2. The number of aromatic nitrogens is 1. The average molecular weight is 426 g/mol. The van der Waals surface area contributed by atoms with Gasteiger partial charge in [-0.25, -0.2) is 4.79 Å². The molecule has 0 radical (unpaired) electrons. The quantitative estimate of drug-likeness (QED) is 0.582. The molecule has 138 valence electrons. The molecule has 0 bridgehead atoms. The number of amides is 2. The van der Waals surface area contributed by atoms with Crippen molar-refractivity contribution in [2.45, 2.75) is 26.0 Å². The molecule has 1 aliphatic rings. The Morgan fingerprint density at radius 2 is 2.04 bits per heavy atom. The van der Waals surface area contributed by atoms with Crippen LogP contribution in [0.3, 0.4) is 0 Å². The maximum absolute atomic E-state index is 13.1. The monoisotopic (exact) mass is 425 g/mol. The van der Waals surface area contributed by atoms with Gasteiger partial charge >= 0.3 is 6.03 Å². The molecule has 4 rings (SSSR count). The van der Waals surface area contributed by atoms with E-state index >= 15 is 0 Å². The molecule has 1 aromatic heterocycles. The summed E-state index contributed by atoms with van der Waals surface area (Å²) in [5.74, 6) is 0.810. The highest BCUT2D eigenvalue weighted by atomic mass is 79.9. The number of hydrogen-bond acceptors (Lipinski definition) is 3. The first kappa shape index (κ1) is 17.8. The number of ether oxygens (including phenoxy) is 1. The summed E-state index contributed by atoms with van der Waals surface area (Å²) < 4.78 is 7.11. The van der Waals surface area contributed by atoms with Crippen LogP contribution in [0.4, 0.5) is 10.5 Å². The zero-order valence-corrected chi connectivity index (χ0v) is 16.8. The molecule has 0 spiro atoms. The van der Waals surface area contributed by atoms with Gasteiger partial charge in [0.25, 0.3) is 0 Å². The first-order valence-electron chi connectivity index (χ1n) is 8.77. The summed E-state index contributed by atoms with van der Waals surface area (Å²) in [6.45, 7) is 4.93. The van der Waals surface area contributed by atoms with Gasteiger partial charge in [-0.3, -0.25) is 4.98 Å². The van der Waals surface area contributed by atoms with Crippen molar-refractivity contribution in [2.24, 2.45) is 0 Å². The number of urea groups is 1. The van der Waals surface area contributed by atoms with Gasteiger partial charge < -0.3 is 15.0 Å². The van der Waals surface area contributed by atoms with Gasteiger partial charge in [0.05, 0.1) is 25.0 Å². The van der Waals surface area contributed by atoms with E-state index in [2.05, 4.69) is 26.2 Å². The molecule has 27 heavy (non-hydrogen) atoms. The van der Waals surface area contributed by atoms with Gasteiger partial charge in [0.2, 0.25) is 0 Å². The Bertz CT molecular complexity index is 1010. The van der Waals surface area contributed by atoms with E-state index in [1.54, 1.807) is 17.3 Å². The van der Waals surface area contributed by atoms with Crippen molar-refractivity contribution in [2.75, 3.05) is 11.9 Å². The van der Waals surface area contributed by atoms with Gasteiger partial charge in [0, 0.05) is 27.0 Å². The van der Waals surface area contributed by atoms with E-state index in [0.29, 0.717) is 18.8 Å². The normalized spacial score (nSPS) is 15.6. The van der Waals surface area contributed by atoms with E-state index in [-0.39, 0.29) is 6.03 Å². The second kappa shape index (κ2) is 6.85. The van der Waals surface area contributed by atoms with Crippen molar-refractivity contribution < 1.29 is 9.53 Å². The van der Waals surface area contributed by atoms with Crippen LogP contribution in [0, 0.1) is 0 Å². The third kappa shape index (κ3) is 3.76. The predicted molar refractivity (Wildman–Crippen MR) is 110 cm³/mol. The summed E-state index contributed by atoms with van der Waals surface area (Å²) in [4.78, 5) is 19.1. The van der Waals surface area contributed by atoms with Crippen LogP contribution in [-0.4, -0.2) is 28.1 Å². The van der Waals surface area contributed by atoms with E-state index in [0.717, 1.165) is 26.6 Å². The largest absolute Gasteiger partial charge is 0.486 e. The highest BCUT2D eigenvalue weighted by Crippen LogP contribution is 2.32. The zero-order chi connectivity index (χ0) is 19.0. The maximum Gasteiger partial charge on any atom is 0.322 e. The lowest BCUT2D eigenvalue weighted by atomic mass is 10.1. The van der Waals surface area contributed by atoms with Crippen molar-refractivity contribution in [3.63, 3.8) is 0 Å². The number of hydrogen-bond donors (Lipinski definition) is 1.